The van der Waals surface area contributed by atoms with Crippen molar-refractivity contribution in [3.05, 3.63) is 59.5 Å². The van der Waals surface area contributed by atoms with Crippen LogP contribution in [0.1, 0.15) is 16.9 Å². The van der Waals surface area contributed by atoms with Crippen molar-refractivity contribution in [3.63, 3.8) is 0 Å². The fraction of sp³-hybridized carbons (Fsp3) is 0.294. The zero-order chi connectivity index (χ0) is 16.5. The largest absolute Gasteiger partial charge is 0.467 e. The first kappa shape index (κ1) is 16.6. The first-order chi connectivity index (χ1) is 11.2. The number of hydrogen-bond acceptors (Lipinski definition) is 3. The van der Waals surface area contributed by atoms with Crippen LogP contribution in [0.3, 0.4) is 0 Å². The number of carbonyl (C=O) groups excluding carboxylic acids is 1. The summed E-state index contributed by atoms with van der Waals surface area (Å²) in [5, 5.41) is 8.93. The molecule has 122 valence electrons. The van der Waals surface area contributed by atoms with E-state index in [1.807, 2.05) is 18.2 Å². The highest BCUT2D eigenvalue weighted by Gasteiger charge is 2.04. The van der Waals surface area contributed by atoms with Crippen LogP contribution in [0.5, 0.6) is 0 Å². The van der Waals surface area contributed by atoms with Crippen LogP contribution in [0.4, 0.5) is 0 Å². The van der Waals surface area contributed by atoms with Crippen molar-refractivity contribution < 1.29 is 9.21 Å². The number of hydrogen-bond donors (Lipinski definition) is 3. The Bertz CT molecular complexity index is 650. The summed E-state index contributed by atoms with van der Waals surface area (Å²) in [6.45, 7) is 3.23. The molecular formula is C17H22N4O2. The van der Waals surface area contributed by atoms with Crippen LogP contribution < -0.4 is 16.0 Å². The van der Waals surface area contributed by atoms with E-state index in [0.717, 1.165) is 11.3 Å². The highest BCUT2D eigenvalue weighted by Crippen LogP contribution is 2.03. The van der Waals surface area contributed by atoms with Crippen molar-refractivity contribution in [2.24, 2.45) is 4.99 Å². The monoisotopic (exact) mass is 314 g/mol. The molecule has 0 atom stereocenters. The zero-order valence-corrected chi connectivity index (χ0v) is 13.4. The number of nitrogens with one attached hydrogen (secondary N) is 3. The maximum Gasteiger partial charge on any atom is 0.239 e. The third-order valence-corrected chi connectivity index (χ3v) is 3.22. The summed E-state index contributed by atoms with van der Waals surface area (Å²) >= 11 is 0. The lowest BCUT2D eigenvalue weighted by atomic mass is 10.1. The first-order valence-electron chi connectivity index (χ1n) is 7.46. The third-order valence-electron chi connectivity index (χ3n) is 3.22. The van der Waals surface area contributed by atoms with Crippen molar-refractivity contribution >= 4 is 11.9 Å². The predicted octanol–water partition coefficient (Wildman–Crippen LogP) is 1.57. The second-order valence-electron chi connectivity index (χ2n) is 5.12. The minimum atomic E-state index is -0.125. The van der Waals surface area contributed by atoms with Gasteiger partial charge in [-0.3, -0.25) is 9.79 Å². The number of aliphatic imine (C=N–C) groups is 1. The van der Waals surface area contributed by atoms with Crippen LogP contribution in [0.25, 0.3) is 0 Å². The number of nitrogens with zero attached hydrogens (tertiary/aromatic N) is 1. The molecule has 0 aliphatic heterocycles. The molecule has 0 saturated heterocycles. The van der Waals surface area contributed by atoms with Crippen LogP contribution in [0, 0.1) is 6.92 Å². The van der Waals surface area contributed by atoms with Gasteiger partial charge in [0.25, 0.3) is 0 Å². The molecule has 6 heteroatoms. The lowest BCUT2D eigenvalue weighted by Gasteiger charge is -2.12. The second-order valence-corrected chi connectivity index (χ2v) is 5.12. The highest BCUT2D eigenvalue weighted by molar-refractivity contribution is 5.86. The lowest BCUT2D eigenvalue weighted by Crippen LogP contribution is -2.42. The summed E-state index contributed by atoms with van der Waals surface area (Å²) in [6, 6.07) is 11.8. The fourth-order valence-electron chi connectivity index (χ4n) is 2.05. The average Bonchev–Trinajstić information content (AvgIpc) is 3.06. The van der Waals surface area contributed by atoms with E-state index in [1.54, 1.807) is 19.4 Å². The molecule has 0 fully saturated rings. The van der Waals surface area contributed by atoms with Gasteiger partial charge in [-0.25, -0.2) is 0 Å². The molecule has 6 nitrogen and oxygen atoms in total. The van der Waals surface area contributed by atoms with Gasteiger partial charge in [0.2, 0.25) is 5.91 Å². The molecule has 3 N–H and O–H groups in total. The van der Waals surface area contributed by atoms with Crippen molar-refractivity contribution in [2.45, 2.75) is 20.0 Å². The van der Waals surface area contributed by atoms with E-state index in [-0.39, 0.29) is 12.5 Å². The number of amides is 1. The summed E-state index contributed by atoms with van der Waals surface area (Å²) in [6.07, 6.45) is 1.58. The van der Waals surface area contributed by atoms with Crippen LogP contribution >= 0.6 is 0 Å². The summed E-state index contributed by atoms with van der Waals surface area (Å²) in [7, 11) is 1.67. The summed E-state index contributed by atoms with van der Waals surface area (Å²) in [5.41, 5.74) is 2.37. The number of guanidine groups is 1. The molecule has 0 radical (unpaired) electrons. The van der Waals surface area contributed by atoms with Crippen LogP contribution in [0.2, 0.25) is 0 Å². The van der Waals surface area contributed by atoms with Gasteiger partial charge in [-0.05, 0) is 24.6 Å². The molecule has 0 aliphatic rings. The van der Waals surface area contributed by atoms with Crippen molar-refractivity contribution in [3.8, 4) is 0 Å². The van der Waals surface area contributed by atoms with E-state index < -0.39 is 0 Å². The number of furan rings is 1. The Morgan fingerprint density at radius 3 is 2.70 bits per heavy atom. The van der Waals surface area contributed by atoms with Gasteiger partial charge in [0, 0.05) is 13.6 Å². The fourth-order valence-corrected chi connectivity index (χ4v) is 2.05. The Labute approximate surface area is 136 Å². The molecule has 1 heterocycles. The quantitative estimate of drug-likeness (QED) is 0.558. The number of carbonyl (C=O) groups is 1. The molecule has 1 aromatic heterocycles. The van der Waals surface area contributed by atoms with Crippen molar-refractivity contribution in [2.75, 3.05) is 13.6 Å². The number of aryl methyl sites for hydroxylation is 1. The predicted molar refractivity (Wildman–Crippen MR) is 89.9 cm³/mol. The minimum Gasteiger partial charge on any atom is -0.467 e. The molecule has 2 aromatic rings. The normalized spacial score (nSPS) is 11.1. The van der Waals surface area contributed by atoms with Crippen molar-refractivity contribution in [1.29, 1.82) is 0 Å². The Kier molecular flexibility index (Phi) is 6.23. The van der Waals surface area contributed by atoms with E-state index in [0.29, 0.717) is 19.0 Å². The molecule has 2 rings (SSSR count). The standard InChI is InChI=1S/C17H22N4O2/c1-13-5-3-6-14(9-13)10-20-17(18-2)21-12-16(22)19-11-15-7-4-8-23-15/h3-9H,10-12H2,1-2H3,(H,19,22)(H2,18,20,21). The molecule has 0 spiro atoms. The number of rotatable bonds is 6. The molecule has 0 bridgehead atoms. The molecule has 1 aromatic carbocycles. The van der Waals surface area contributed by atoms with Gasteiger partial charge < -0.3 is 20.4 Å². The van der Waals surface area contributed by atoms with E-state index in [9.17, 15) is 4.79 Å². The smallest absolute Gasteiger partial charge is 0.239 e. The van der Waals surface area contributed by atoms with Crippen LogP contribution in [0.15, 0.2) is 52.1 Å². The molecule has 0 saturated carbocycles. The van der Waals surface area contributed by atoms with Gasteiger partial charge in [0.15, 0.2) is 5.96 Å². The lowest BCUT2D eigenvalue weighted by molar-refractivity contribution is -0.120. The SMILES string of the molecule is CN=C(NCC(=O)NCc1ccco1)NCc1cccc(C)c1. The molecule has 0 aliphatic carbocycles. The molecule has 23 heavy (non-hydrogen) atoms. The van der Waals surface area contributed by atoms with E-state index >= 15 is 0 Å². The Morgan fingerprint density at radius 2 is 2.00 bits per heavy atom. The van der Waals surface area contributed by atoms with E-state index in [1.165, 1.54) is 5.56 Å². The molecule has 1 amide bonds. The van der Waals surface area contributed by atoms with Crippen LogP contribution in [-0.4, -0.2) is 25.5 Å². The highest BCUT2D eigenvalue weighted by atomic mass is 16.3. The molecular weight excluding hydrogens is 292 g/mol. The van der Waals surface area contributed by atoms with Gasteiger partial charge >= 0.3 is 0 Å². The Morgan fingerprint density at radius 1 is 1.13 bits per heavy atom. The van der Waals surface area contributed by atoms with Crippen LogP contribution in [-0.2, 0) is 17.9 Å². The Hall–Kier alpha value is -2.76. The van der Waals surface area contributed by atoms with Gasteiger partial charge in [0.1, 0.15) is 5.76 Å². The summed E-state index contributed by atoms with van der Waals surface area (Å²) in [4.78, 5) is 15.9. The van der Waals surface area contributed by atoms with E-state index in [2.05, 4.69) is 40.0 Å². The Balaban J connectivity index is 1.71. The van der Waals surface area contributed by atoms with E-state index in [4.69, 9.17) is 4.42 Å². The maximum absolute atomic E-state index is 11.8. The topological polar surface area (TPSA) is 78.7 Å². The van der Waals surface area contributed by atoms with Gasteiger partial charge in [0.05, 0.1) is 19.4 Å². The zero-order valence-electron chi connectivity index (χ0n) is 13.4. The van der Waals surface area contributed by atoms with Gasteiger partial charge in [-0.15, -0.1) is 0 Å². The summed E-state index contributed by atoms with van der Waals surface area (Å²) < 4.78 is 5.16. The number of benzene rings is 1. The summed E-state index contributed by atoms with van der Waals surface area (Å²) in [5.74, 6) is 1.18. The average molecular weight is 314 g/mol. The van der Waals surface area contributed by atoms with Gasteiger partial charge in [-0.1, -0.05) is 29.8 Å². The third kappa shape index (κ3) is 5.86. The minimum absolute atomic E-state index is 0.125. The molecule has 0 unspecified atom stereocenters. The second kappa shape index (κ2) is 8.63. The maximum atomic E-state index is 11.8. The van der Waals surface area contributed by atoms with Gasteiger partial charge in [-0.2, -0.15) is 0 Å². The first-order valence-corrected chi connectivity index (χ1v) is 7.46. The van der Waals surface area contributed by atoms with Crippen molar-refractivity contribution in [1.82, 2.24) is 16.0 Å².